The van der Waals surface area contributed by atoms with E-state index in [9.17, 15) is 4.79 Å². The first-order valence-corrected chi connectivity index (χ1v) is 4.03. The highest BCUT2D eigenvalue weighted by molar-refractivity contribution is 5.81. The van der Waals surface area contributed by atoms with Crippen molar-refractivity contribution in [2.24, 2.45) is 11.1 Å². The molecule has 3 nitrogen and oxygen atoms in total. The molecule has 3 N–H and O–H groups in total. The lowest BCUT2D eigenvalue weighted by Crippen LogP contribution is -2.37. The molecule has 1 amide bonds. The number of nitrogens with one attached hydrogen (secondary N) is 1. The zero-order valence-corrected chi connectivity index (χ0v) is 7.61. The number of hydrogen-bond donors (Lipinski definition) is 2. The number of rotatable bonds is 4. The molecule has 0 fully saturated rings. The summed E-state index contributed by atoms with van der Waals surface area (Å²) in [5.41, 5.74) is 5.05. The van der Waals surface area contributed by atoms with Gasteiger partial charge in [0.1, 0.15) is 0 Å². The lowest BCUT2D eigenvalue weighted by Gasteiger charge is -2.21. The van der Waals surface area contributed by atoms with E-state index in [4.69, 9.17) is 5.73 Å². The van der Waals surface area contributed by atoms with Gasteiger partial charge in [0.05, 0.1) is 0 Å². The van der Waals surface area contributed by atoms with E-state index in [0.29, 0.717) is 13.1 Å². The number of nitrogens with two attached hydrogens (primary N) is 1. The average molecular weight is 158 g/mol. The zero-order chi connectivity index (χ0) is 8.91. The van der Waals surface area contributed by atoms with Crippen LogP contribution in [-0.4, -0.2) is 19.0 Å². The zero-order valence-electron chi connectivity index (χ0n) is 7.61. The van der Waals surface area contributed by atoms with E-state index in [1.165, 1.54) is 0 Å². The van der Waals surface area contributed by atoms with Crippen LogP contribution in [0.1, 0.15) is 27.2 Å². The van der Waals surface area contributed by atoms with Crippen molar-refractivity contribution in [1.82, 2.24) is 5.32 Å². The van der Waals surface area contributed by atoms with Crippen molar-refractivity contribution >= 4 is 5.91 Å². The smallest absolute Gasteiger partial charge is 0.225 e. The second kappa shape index (κ2) is 4.34. The van der Waals surface area contributed by atoms with Crippen molar-refractivity contribution in [3.63, 3.8) is 0 Å². The van der Waals surface area contributed by atoms with Crippen LogP contribution in [0, 0.1) is 5.41 Å². The molecule has 0 rings (SSSR count). The average Bonchev–Trinajstić information content (AvgIpc) is 1.88. The Morgan fingerprint density at radius 1 is 1.55 bits per heavy atom. The molecule has 3 heteroatoms. The summed E-state index contributed by atoms with van der Waals surface area (Å²) >= 11 is 0. The fourth-order valence-corrected chi connectivity index (χ4v) is 0.874. The van der Waals surface area contributed by atoms with E-state index in [0.717, 1.165) is 6.42 Å². The Bertz CT molecular complexity index is 132. The monoisotopic (exact) mass is 158 g/mol. The Kier molecular flexibility index (Phi) is 4.11. The van der Waals surface area contributed by atoms with Crippen LogP contribution in [0.4, 0.5) is 0 Å². The van der Waals surface area contributed by atoms with E-state index in [-0.39, 0.29) is 11.3 Å². The van der Waals surface area contributed by atoms with Crippen LogP contribution in [-0.2, 0) is 4.79 Å². The molecule has 0 aliphatic heterocycles. The van der Waals surface area contributed by atoms with Gasteiger partial charge in [-0.15, -0.1) is 0 Å². The van der Waals surface area contributed by atoms with E-state index in [2.05, 4.69) is 5.32 Å². The highest BCUT2D eigenvalue weighted by atomic mass is 16.2. The Balaban J connectivity index is 3.94. The lowest BCUT2D eigenvalue weighted by atomic mass is 9.88. The minimum Gasteiger partial charge on any atom is -0.356 e. The summed E-state index contributed by atoms with van der Waals surface area (Å²) in [6.45, 7) is 6.98. The largest absolute Gasteiger partial charge is 0.356 e. The van der Waals surface area contributed by atoms with Gasteiger partial charge in [0.15, 0.2) is 0 Å². The first-order valence-electron chi connectivity index (χ1n) is 4.03. The van der Waals surface area contributed by atoms with Crippen LogP contribution in [0.3, 0.4) is 0 Å². The maximum atomic E-state index is 11.3. The van der Waals surface area contributed by atoms with E-state index >= 15 is 0 Å². The molecule has 0 aromatic carbocycles. The molecule has 0 aromatic heterocycles. The van der Waals surface area contributed by atoms with Gasteiger partial charge in [-0.3, -0.25) is 4.79 Å². The first kappa shape index (κ1) is 10.4. The predicted octanol–water partition coefficient (Wildman–Crippen LogP) is 0.497. The summed E-state index contributed by atoms with van der Waals surface area (Å²) in [7, 11) is 0. The third-order valence-corrected chi connectivity index (χ3v) is 1.72. The molecule has 66 valence electrons. The number of carbonyl (C=O) groups excluding carboxylic acids is 1. The summed E-state index contributed by atoms with van der Waals surface area (Å²) in [4.78, 5) is 11.3. The molecule has 0 saturated heterocycles. The van der Waals surface area contributed by atoms with Crippen LogP contribution >= 0.6 is 0 Å². The van der Waals surface area contributed by atoms with E-state index in [1.807, 2.05) is 20.8 Å². The van der Waals surface area contributed by atoms with Crippen LogP contribution in [0.25, 0.3) is 0 Å². The van der Waals surface area contributed by atoms with Gasteiger partial charge in [-0.05, 0) is 19.9 Å². The Hall–Kier alpha value is -0.570. The number of hydrogen-bond acceptors (Lipinski definition) is 2. The summed E-state index contributed by atoms with van der Waals surface area (Å²) in [5, 5.41) is 2.78. The molecule has 0 aromatic rings. The summed E-state index contributed by atoms with van der Waals surface area (Å²) in [6.07, 6.45) is 0.735. The molecule has 0 aliphatic rings. The summed E-state index contributed by atoms with van der Waals surface area (Å²) in [5.74, 6) is 0.0884. The van der Waals surface area contributed by atoms with Gasteiger partial charge < -0.3 is 11.1 Å². The quantitative estimate of drug-likeness (QED) is 0.626. The van der Waals surface area contributed by atoms with E-state index < -0.39 is 0 Å². The first-order chi connectivity index (χ1) is 5.04. The van der Waals surface area contributed by atoms with Crippen LogP contribution in [0.5, 0.6) is 0 Å². The highest BCUT2D eigenvalue weighted by Gasteiger charge is 2.25. The maximum absolute atomic E-state index is 11.3. The van der Waals surface area contributed by atoms with Crippen molar-refractivity contribution in [2.45, 2.75) is 27.2 Å². The van der Waals surface area contributed by atoms with Gasteiger partial charge in [0.25, 0.3) is 0 Å². The van der Waals surface area contributed by atoms with Gasteiger partial charge in [0, 0.05) is 12.0 Å². The molecule has 0 bridgehead atoms. The molecule has 0 radical (unpaired) electrons. The second-order valence-corrected chi connectivity index (χ2v) is 3.28. The fourth-order valence-electron chi connectivity index (χ4n) is 0.874. The van der Waals surface area contributed by atoms with Gasteiger partial charge in [-0.1, -0.05) is 13.8 Å². The summed E-state index contributed by atoms with van der Waals surface area (Å²) < 4.78 is 0. The van der Waals surface area contributed by atoms with Crippen LogP contribution < -0.4 is 11.1 Å². The van der Waals surface area contributed by atoms with Crippen molar-refractivity contribution < 1.29 is 4.79 Å². The van der Waals surface area contributed by atoms with Crippen molar-refractivity contribution in [2.75, 3.05) is 13.1 Å². The normalized spacial score (nSPS) is 11.3. The minimum atomic E-state index is -0.315. The van der Waals surface area contributed by atoms with Crippen molar-refractivity contribution in [3.05, 3.63) is 0 Å². The standard InChI is InChI=1S/C8H18N2O/c1-4-10-7(11)8(2,3)5-6-9/h4-6,9H2,1-3H3,(H,10,11). The number of amides is 1. The highest BCUT2D eigenvalue weighted by Crippen LogP contribution is 2.18. The van der Waals surface area contributed by atoms with Gasteiger partial charge in [-0.2, -0.15) is 0 Å². The topological polar surface area (TPSA) is 55.1 Å². The molecule has 11 heavy (non-hydrogen) atoms. The molecule has 0 saturated carbocycles. The summed E-state index contributed by atoms with van der Waals surface area (Å²) in [6, 6.07) is 0. The third kappa shape index (κ3) is 3.37. The second-order valence-electron chi connectivity index (χ2n) is 3.28. The Morgan fingerprint density at radius 2 is 2.09 bits per heavy atom. The Labute approximate surface area is 68.3 Å². The third-order valence-electron chi connectivity index (χ3n) is 1.72. The number of carbonyl (C=O) groups is 1. The SMILES string of the molecule is CCNC(=O)C(C)(C)CCN. The van der Waals surface area contributed by atoms with E-state index in [1.54, 1.807) is 0 Å². The lowest BCUT2D eigenvalue weighted by molar-refractivity contribution is -0.129. The minimum absolute atomic E-state index is 0.0884. The van der Waals surface area contributed by atoms with Crippen molar-refractivity contribution in [1.29, 1.82) is 0 Å². The fraction of sp³-hybridized carbons (Fsp3) is 0.875. The Morgan fingerprint density at radius 3 is 2.45 bits per heavy atom. The van der Waals surface area contributed by atoms with Crippen molar-refractivity contribution in [3.8, 4) is 0 Å². The molecule has 0 heterocycles. The molecular formula is C8H18N2O. The molecular weight excluding hydrogens is 140 g/mol. The van der Waals surface area contributed by atoms with Crippen LogP contribution in [0.15, 0.2) is 0 Å². The van der Waals surface area contributed by atoms with Gasteiger partial charge >= 0.3 is 0 Å². The molecule has 0 aliphatic carbocycles. The molecule has 0 unspecified atom stereocenters. The predicted molar refractivity (Wildman–Crippen MR) is 46.1 cm³/mol. The maximum Gasteiger partial charge on any atom is 0.225 e. The van der Waals surface area contributed by atoms with Gasteiger partial charge in [0.2, 0.25) is 5.91 Å². The van der Waals surface area contributed by atoms with Crippen LogP contribution in [0.2, 0.25) is 0 Å². The molecule has 0 atom stereocenters. The molecule has 0 spiro atoms. The van der Waals surface area contributed by atoms with Gasteiger partial charge in [-0.25, -0.2) is 0 Å².